The van der Waals surface area contributed by atoms with Crippen LogP contribution < -0.4 is 5.73 Å². The lowest BCUT2D eigenvalue weighted by Gasteiger charge is -2.25. The molecule has 84 valence electrons. The van der Waals surface area contributed by atoms with Crippen molar-refractivity contribution in [1.29, 1.82) is 5.26 Å². The van der Waals surface area contributed by atoms with Gasteiger partial charge in [-0.05, 0) is 42.9 Å². The van der Waals surface area contributed by atoms with E-state index in [9.17, 15) is 0 Å². The Balaban J connectivity index is 2.76. The average Bonchev–Trinajstić information content (AvgIpc) is 2.32. The Labute approximate surface area is 105 Å². The zero-order valence-corrected chi connectivity index (χ0v) is 10.5. The molecule has 1 unspecified atom stereocenters. The van der Waals surface area contributed by atoms with Crippen LogP contribution in [0, 0.1) is 18.3 Å². The fourth-order valence-corrected chi connectivity index (χ4v) is 2.93. The van der Waals surface area contributed by atoms with E-state index in [1.165, 1.54) is 0 Å². The summed E-state index contributed by atoms with van der Waals surface area (Å²) in [5.41, 5.74) is 9.21. The summed E-state index contributed by atoms with van der Waals surface area (Å²) in [6.07, 6.45) is 2.74. The van der Waals surface area contributed by atoms with Crippen LogP contribution in [0.5, 0.6) is 0 Å². The van der Waals surface area contributed by atoms with Crippen LogP contribution in [0.15, 0.2) is 0 Å². The molecule has 0 aliphatic heterocycles. The predicted molar refractivity (Wildman–Crippen MR) is 66.9 cm³/mol. The first-order valence-corrected chi connectivity index (χ1v) is 5.99. The van der Waals surface area contributed by atoms with Crippen LogP contribution in [0.2, 0.25) is 10.0 Å². The Hall–Kier alpha value is -0.910. The van der Waals surface area contributed by atoms with Crippen molar-refractivity contribution in [2.45, 2.75) is 32.1 Å². The van der Waals surface area contributed by atoms with Gasteiger partial charge in [-0.15, -0.1) is 0 Å². The molecule has 16 heavy (non-hydrogen) atoms. The van der Waals surface area contributed by atoms with Gasteiger partial charge in [0.2, 0.25) is 0 Å². The fraction of sp³-hybridized carbons (Fsp3) is 0.417. The van der Waals surface area contributed by atoms with Crippen LogP contribution in [-0.4, -0.2) is 0 Å². The SMILES string of the molecule is Cc1c(Cl)c(N)c(Cl)c2c1C(C#N)CCC2. The zero-order valence-electron chi connectivity index (χ0n) is 8.98. The number of benzene rings is 1. The number of hydrogen-bond donors (Lipinski definition) is 1. The maximum absolute atomic E-state index is 9.15. The quantitative estimate of drug-likeness (QED) is 0.716. The van der Waals surface area contributed by atoms with E-state index in [2.05, 4.69) is 6.07 Å². The number of hydrogen-bond acceptors (Lipinski definition) is 2. The van der Waals surface area contributed by atoms with Crippen molar-refractivity contribution in [3.63, 3.8) is 0 Å². The minimum Gasteiger partial charge on any atom is -0.396 e. The third-order valence-corrected chi connectivity index (χ3v) is 4.14. The van der Waals surface area contributed by atoms with Gasteiger partial charge in [-0.1, -0.05) is 23.2 Å². The smallest absolute Gasteiger partial charge is 0.0719 e. The number of nitriles is 1. The molecule has 2 rings (SSSR count). The molecule has 0 heterocycles. The predicted octanol–water partition coefficient (Wildman–Crippen LogP) is 3.83. The third kappa shape index (κ3) is 1.55. The minimum atomic E-state index is -0.0978. The first kappa shape index (κ1) is 11.6. The molecule has 2 N–H and O–H groups in total. The maximum atomic E-state index is 9.15. The highest BCUT2D eigenvalue weighted by atomic mass is 35.5. The topological polar surface area (TPSA) is 49.8 Å². The molecule has 0 amide bonds. The van der Waals surface area contributed by atoms with E-state index < -0.39 is 0 Å². The normalized spacial score (nSPS) is 19.0. The summed E-state index contributed by atoms with van der Waals surface area (Å²) in [5, 5.41) is 10.2. The Morgan fingerprint density at radius 2 is 2.06 bits per heavy atom. The zero-order chi connectivity index (χ0) is 11.9. The summed E-state index contributed by atoms with van der Waals surface area (Å²) in [5.74, 6) is -0.0978. The van der Waals surface area contributed by atoms with Crippen LogP contribution in [0.3, 0.4) is 0 Å². The van der Waals surface area contributed by atoms with Gasteiger partial charge >= 0.3 is 0 Å². The summed E-state index contributed by atoms with van der Waals surface area (Å²) in [7, 11) is 0. The van der Waals surface area contributed by atoms with Gasteiger partial charge in [0.05, 0.1) is 27.7 Å². The fourth-order valence-electron chi connectivity index (χ4n) is 2.40. The van der Waals surface area contributed by atoms with Crippen molar-refractivity contribution in [3.8, 4) is 6.07 Å². The molecule has 0 radical (unpaired) electrons. The van der Waals surface area contributed by atoms with Crippen molar-refractivity contribution < 1.29 is 0 Å². The van der Waals surface area contributed by atoms with Gasteiger partial charge in [0.1, 0.15) is 0 Å². The molecular formula is C12H12Cl2N2. The van der Waals surface area contributed by atoms with Crippen LogP contribution in [-0.2, 0) is 6.42 Å². The van der Waals surface area contributed by atoms with E-state index in [0.717, 1.165) is 36.0 Å². The van der Waals surface area contributed by atoms with Gasteiger partial charge in [-0.2, -0.15) is 5.26 Å². The van der Waals surface area contributed by atoms with Gasteiger partial charge in [0.15, 0.2) is 0 Å². The van der Waals surface area contributed by atoms with E-state index in [1.54, 1.807) is 0 Å². The highest BCUT2D eigenvalue weighted by Gasteiger charge is 2.27. The van der Waals surface area contributed by atoms with Crippen molar-refractivity contribution >= 4 is 28.9 Å². The van der Waals surface area contributed by atoms with Crippen LogP contribution in [0.25, 0.3) is 0 Å². The summed E-state index contributed by atoms with van der Waals surface area (Å²) >= 11 is 12.3. The van der Waals surface area contributed by atoms with Gasteiger partial charge in [0, 0.05) is 0 Å². The lowest BCUT2D eigenvalue weighted by molar-refractivity contribution is 0.634. The number of nitrogen functional groups attached to an aromatic ring is 1. The van der Waals surface area contributed by atoms with E-state index in [0.29, 0.717) is 15.7 Å². The molecular weight excluding hydrogens is 243 g/mol. The standard InChI is InChI=1S/C12H12Cl2N2/c1-6-9-7(5-15)3-2-4-8(9)11(14)12(16)10(6)13/h7H,2-4,16H2,1H3. The Bertz CT molecular complexity index is 489. The Morgan fingerprint density at radius 3 is 2.69 bits per heavy atom. The second kappa shape index (κ2) is 4.16. The first-order chi connectivity index (χ1) is 7.57. The largest absolute Gasteiger partial charge is 0.396 e. The van der Waals surface area contributed by atoms with Crippen molar-refractivity contribution in [2.75, 3.05) is 5.73 Å². The molecule has 2 nitrogen and oxygen atoms in total. The van der Waals surface area contributed by atoms with E-state index >= 15 is 0 Å². The van der Waals surface area contributed by atoms with Crippen molar-refractivity contribution in [1.82, 2.24) is 0 Å². The van der Waals surface area contributed by atoms with Crippen LogP contribution in [0.1, 0.15) is 35.4 Å². The molecule has 1 aromatic carbocycles. The molecule has 1 aromatic rings. The molecule has 1 aliphatic rings. The lowest BCUT2D eigenvalue weighted by atomic mass is 9.81. The molecule has 0 fully saturated rings. The monoisotopic (exact) mass is 254 g/mol. The maximum Gasteiger partial charge on any atom is 0.0719 e. The molecule has 1 aliphatic carbocycles. The van der Waals surface area contributed by atoms with Gasteiger partial charge in [-0.3, -0.25) is 0 Å². The molecule has 0 saturated carbocycles. The molecule has 0 aromatic heterocycles. The molecule has 0 bridgehead atoms. The van der Waals surface area contributed by atoms with Gasteiger partial charge in [0.25, 0.3) is 0 Å². The minimum absolute atomic E-state index is 0.0978. The molecule has 4 heteroatoms. The number of fused-ring (bicyclic) bond motifs is 1. The van der Waals surface area contributed by atoms with Crippen molar-refractivity contribution in [3.05, 3.63) is 26.7 Å². The number of rotatable bonds is 0. The highest BCUT2D eigenvalue weighted by Crippen LogP contribution is 2.44. The van der Waals surface area contributed by atoms with Crippen molar-refractivity contribution in [2.24, 2.45) is 0 Å². The van der Waals surface area contributed by atoms with E-state index in [-0.39, 0.29) is 5.92 Å². The van der Waals surface area contributed by atoms with Crippen LogP contribution in [0.4, 0.5) is 5.69 Å². The number of nitrogens with zero attached hydrogens (tertiary/aromatic N) is 1. The summed E-state index contributed by atoms with van der Waals surface area (Å²) < 4.78 is 0. The number of halogens is 2. The molecule has 1 atom stereocenters. The summed E-state index contributed by atoms with van der Waals surface area (Å²) in [6, 6.07) is 2.32. The second-order valence-electron chi connectivity index (χ2n) is 4.13. The average molecular weight is 255 g/mol. The Morgan fingerprint density at radius 1 is 1.38 bits per heavy atom. The van der Waals surface area contributed by atoms with Gasteiger partial charge in [-0.25, -0.2) is 0 Å². The third-order valence-electron chi connectivity index (χ3n) is 3.22. The Kier molecular flexibility index (Phi) is 3.01. The highest BCUT2D eigenvalue weighted by molar-refractivity contribution is 6.40. The molecule has 0 spiro atoms. The summed E-state index contributed by atoms with van der Waals surface area (Å²) in [6.45, 7) is 1.91. The van der Waals surface area contributed by atoms with E-state index in [4.69, 9.17) is 34.2 Å². The number of anilines is 1. The van der Waals surface area contributed by atoms with E-state index in [1.807, 2.05) is 6.92 Å². The second-order valence-corrected chi connectivity index (χ2v) is 4.89. The van der Waals surface area contributed by atoms with Gasteiger partial charge < -0.3 is 5.73 Å². The number of nitrogens with two attached hydrogens (primary N) is 1. The summed E-state index contributed by atoms with van der Waals surface area (Å²) in [4.78, 5) is 0. The lowest BCUT2D eigenvalue weighted by Crippen LogP contribution is -2.12. The molecule has 0 saturated heterocycles. The van der Waals surface area contributed by atoms with Crippen LogP contribution >= 0.6 is 23.2 Å². The first-order valence-electron chi connectivity index (χ1n) is 5.23.